The highest BCUT2D eigenvalue weighted by Crippen LogP contribution is 2.24. The third-order valence-corrected chi connectivity index (χ3v) is 4.44. The monoisotopic (exact) mass is 330 g/mol. The third kappa shape index (κ3) is 3.56. The van der Waals surface area contributed by atoms with Gasteiger partial charge < -0.3 is 19.8 Å². The quantitative estimate of drug-likeness (QED) is 0.849. The molecule has 1 saturated heterocycles. The summed E-state index contributed by atoms with van der Waals surface area (Å²) >= 11 is 0. The van der Waals surface area contributed by atoms with Crippen molar-refractivity contribution >= 4 is 11.7 Å². The first-order valence-corrected chi connectivity index (χ1v) is 8.04. The van der Waals surface area contributed by atoms with Gasteiger partial charge in [0.15, 0.2) is 0 Å². The molecule has 0 aliphatic carbocycles. The van der Waals surface area contributed by atoms with Crippen LogP contribution >= 0.6 is 0 Å². The Labute approximate surface area is 140 Å². The fourth-order valence-electron chi connectivity index (χ4n) is 2.98. The Kier molecular flexibility index (Phi) is 4.53. The van der Waals surface area contributed by atoms with Crippen LogP contribution in [-0.2, 0) is 11.2 Å². The lowest BCUT2D eigenvalue weighted by Gasteiger charge is -2.24. The van der Waals surface area contributed by atoms with E-state index in [0.29, 0.717) is 25.3 Å². The second-order valence-electron chi connectivity index (χ2n) is 6.34. The normalized spacial score (nSPS) is 20.4. The molecule has 7 heteroatoms. The Morgan fingerprint density at radius 3 is 2.96 bits per heavy atom. The zero-order chi connectivity index (χ0) is 17.2. The van der Waals surface area contributed by atoms with Gasteiger partial charge >= 0.3 is 0 Å². The smallest absolute Gasteiger partial charge is 0.224 e. The molecule has 3 rings (SSSR count). The summed E-state index contributed by atoms with van der Waals surface area (Å²) in [6.45, 7) is 4.99. The van der Waals surface area contributed by atoms with Gasteiger partial charge in [-0.3, -0.25) is 4.79 Å². The molecule has 0 aromatic carbocycles. The van der Waals surface area contributed by atoms with Gasteiger partial charge in [0.1, 0.15) is 17.2 Å². The maximum atomic E-state index is 12.1. The van der Waals surface area contributed by atoms with Crippen molar-refractivity contribution in [3.05, 3.63) is 41.4 Å². The predicted octanol–water partition coefficient (Wildman–Crippen LogP) is 0.987. The van der Waals surface area contributed by atoms with Crippen molar-refractivity contribution in [1.29, 1.82) is 0 Å². The minimum atomic E-state index is -0.939. The Hall–Kier alpha value is -2.41. The van der Waals surface area contributed by atoms with Crippen LogP contribution in [0.1, 0.15) is 23.4 Å². The van der Waals surface area contributed by atoms with E-state index in [1.165, 1.54) is 0 Å². The Morgan fingerprint density at radius 2 is 2.29 bits per heavy atom. The number of aliphatic hydroxyl groups is 1. The molecule has 2 aromatic heterocycles. The topological polar surface area (TPSA) is 91.5 Å². The van der Waals surface area contributed by atoms with Crippen LogP contribution in [0.5, 0.6) is 0 Å². The first kappa shape index (κ1) is 16.4. The van der Waals surface area contributed by atoms with Crippen molar-refractivity contribution in [2.45, 2.75) is 32.3 Å². The molecule has 1 aliphatic rings. The number of nitrogens with one attached hydrogen (secondary N) is 1. The fraction of sp³-hybridized carbons (Fsp3) is 0.471. The van der Waals surface area contributed by atoms with Crippen LogP contribution in [0.2, 0.25) is 0 Å². The number of rotatable bonds is 5. The summed E-state index contributed by atoms with van der Waals surface area (Å²) in [6, 6.07) is 5.70. The third-order valence-electron chi connectivity index (χ3n) is 4.44. The molecule has 0 spiro atoms. The number of nitrogens with zero attached hydrogens (tertiary/aromatic N) is 3. The zero-order valence-corrected chi connectivity index (χ0v) is 14.0. The van der Waals surface area contributed by atoms with Crippen molar-refractivity contribution in [2.24, 2.45) is 0 Å². The SMILES string of the molecule is Cc1noc(C)c1CC(=O)NC[C@]1(O)CCN(c2ccccn2)C1. The van der Waals surface area contributed by atoms with E-state index in [-0.39, 0.29) is 18.9 Å². The molecule has 3 heterocycles. The van der Waals surface area contributed by atoms with Crippen LogP contribution in [0.15, 0.2) is 28.9 Å². The van der Waals surface area contributed by atoms with E-state index in [1.54, 1.807) is 13.1 Å². The second-order valence-corrected chi connectivity index (χ2v) is 6.34. The maximum absolute atomic E-state index is 12.1. The minimum absolute atomic E-state index is 0.144. The largest absolute Gasteiger partial charge is 0.386 e. The summed E-state index contributed by atoms with van der Waals surface area (Å²) in [5.41, 5.74) is 0.593. The van der Waals surface area contributed by atoms with Crippen molar-refractivity contribution in [1.82, 2.24) is 15.5 Å². The van der Waals surface area contributed by atoms with Gasteiger partial charge in [-0.15, -0.1) is 0 Å². The van der Waals surface area contributed by atoms with Gasteiger partial charge in [0.25, 0.3) is 0 Å². The van der Waals surface area contributed by atoms with E-state index in [0.717, 1.165) is 17.1 Å². The van der Waals surface area contributed by atoms with Gasteiger partial charge in [0, 0.05) is 31.4 Å². The van der Waals surface area contributed by atoms with Crippen LogP contribution in [-0.4, -0.2) is 46.4 Å². The lowest BCUT2D eigenvalue weighted by atomic mass is 10.0. The first-order valence-electron chi connectivity index (χ1n) is 8.04. The average Bonchev–Trinajstić information content (AvgIpc) is 3.12. The van der Waals surface area contributed by atoms with Crippen molar-refractivity contribution in [3.63, 3.8) is 0 Å². The van der Waals surface area contributed by atoms with Gasteiger partial charge in [-0.25, -0.2) is 4.98 Å². The molecule has 128 valence electrons. The lowest BCUT2D eigenvalue weighted by Crippen LogP contribution is -2.45. The fourth-order valence-corrected chi connectivity index (χ4v) is 2.98. The number of pyridine rings is 1. The summed E-state index contributed by atoms with van der Waals surface area (Å²) in [5.74, 6) is 1.35. The second kappa shape index (κ2) is 6.60. The first-order chi connectivity index (χ1) is 11.5. The van der Waals surface area contributed by atoms with Crippen LogP contribution in [0.3, 0.4) is 0 Å². The molecule has 1 amide bonds. The molecule has 2 aromatic rings. The molecule has 24 heavy (non-hydrogen) atoms. The molecular formula is C17H22N4O3. The summed E-state index contributed by atoms with van der Waals surface area (Å²) in [6.07, 6.45) is 2.54. The van der Waals surface area contributed by atoms with E-state index in [4.69, 9.17) is 4.52 Å². The number of carbonyl (C=O) groups is 1. The number of carbonyl (C=O) groups excluding carboxylic acids is 1. The summed E-state index contributed by atoms with van der Waals surface area (Å²) in [7, 11) is 0. The zero-order valence-electron chi connectivity index (χ0n) is 14.0. The highest BCUT2D eigenvalue weighted by molar-refractivity contribution is 5.79. The molecule has 0 radical (unpaired) electrons. The molecule has 7 nitrogen and oxygen atoms in total. The molecule has 1 aliphatic heterocycles. The lowest BCUT2D eigenvalue weighted by molar-refractivity contribution is -0.121. The molecular weight excluding hydrogens is 308 g/mol. The standard InChI is InChI=1S/C17H22N4O3/c1-12-14(13(2)24-20-12)9-16(22)19-10-17(23)6-8-21(11-17)15-5-3-4-7-18-15/h3-5,7,23H,6,8-11H2,1-2H3,(H,19,22)/t17-/m1/s1. The molecule has 1 atom stereocenters. The van der Waals surface area contributed by atoms with Crippen LogP contribution in [0.25, 0.3) is 0 Å². The van der Waals surface area contributed by atoms with Crippen molar-refractivity contribution < 1.29 is 14.4 Å². The number of amides is 1. The Bertz CT molecular complexity index is 696. The Balaban J connectivity index is 1.54. The highest BCUT2D eigenvalue weighted by Gasteiger charge is 2.36. The number of β-amino-alcohol motifs (C(OH)–C–C–N with tert-alkyl or cyclic N) is 1. The number of hydrogen-bond donors (Lipinski definition) is 2. The van der Waals surface area contributed by atoms with Gasteiger partial charge in [-0.05, 0) is 32.4 Å². The van der Waals surface area contributed by atoms with E-state index in [2.05, 4.69) is 15.5 Å². The molecule has 1 fully saturated rings. The van der Waals surface area contributed by atoms with Crippen LogP contribution in [0, 0.1) is 13.8 Å². The summed E-state index contributed by atoms with van der Waals surface area (Å²) in [5, 5.41) is 17.4. The number of hydrogen-bond acceptors (Lipinski definition) is 6. The van der Waals surface area contributed by atoms with Gasteiger partial charge in [0.05, 0.1) is 12.1 Å². The molecule has 0 saturated carbocycles. The van der Waals surface area contributed by atoms with E-state index in [9.17, 15) is 9.90 Å². The van der Waals surface area contributed by atoms with Gasteiger partial charge in [0.2, 0.25) is 5.91 Å². The average molecular weight is 330 g/mol. The molecule has 0 bridgehead atoms. The van der Waals surface area contributed by atoms with E-state index < -0.39 is 5.60 Å². The number of aromatic nitrogens is 2. The predicted molar refractivity (Wildman–Crippen MR) is 88.7 cm³/mol. The summed E-state index contributed by atoms with van der Waals surface area (Å²) < 4.78 is 5.06. The van der Waals surface area contributed by atoms with Gasteiger partial charge in [-0.1, -0.05) is 11.2 Å². The number of anilines is 1. The van der Waals surface area contributed by atoms with Crippen LogP contribution in [0.4, 0.5) is 5.82 Å². The maximum Gasteiger partial charge on any atom is 0.224 e. The van der Waals surface area contributed by atoms with E-state index >= 15 is 0 Å². The molecule has 0 unspecified atom stereocenters. The van der Waals surface area contributed by atoms with E-state index in [1.807, 2.05) is 30.0 Å². The highest BCUT2D eigenvalue weighted by atomic mass is 16.5. The van der Waals surface area contributed by atoms with Crippen molar-refractivity contribution in [3.8, 4) is 0 Å². The van der Waals surface area contributed by atoms with Gasteiger partial charge in [-0.2, -0.15) is 0 Å². The Morgan fingerprint density at radius 1 is 1.46 bits per heavy atom. The van der Waals surface area contributed by atoms with Crippen molar-refractivity contribution in [2.75, 3.05) is 24.5 Å². The minimum Gasteiger partial charge on any atom is -0.386 e. The summed E-state index contributed by atoms with van der Waals surface area (Å²) in [4.78, 5) is 18.5. The van der Waals surface area contributed by atoms with Crippen LogP contribution < -0.4 is 10.2 Å². The molecule has 2 N–H and O–H groups in total. The number of aryl methyl sites for hydroxylation is 2.